The maximum atomic E-state index is 12.4. The number of nitrogens with one attached hydrogen (secondary N) is 1. The van der Waals surface area contributed by atoms with Crippen LogP contribution < -0.4 is 19.7 Å². The van der Waals surface area contributed by atoms with Crippen LogP contribution in [0.25, 0.3) is 0 Å². The molecule has 1 heterocycles. The number of rotatable bonds is 5. The molecule has 10 heteroatoms. The summed E-state index contributed by atoms with van der Waals surface area (Å²) >= 11 is 5.94. The van der Waals surface area contributed by atoms with Crippen LogP contribution in [0, 0.1) is 10.1 Å². The number of hydrogen-bond donors (Lipinski definition) is 1. The van der Waals surface area contributed by atoms with Crippen LogP contribution in [-0.2, 0) is 9.59 Å². The minimum atomic E-state index is -0.615. The Morgan fingerprint density at radius 1 is 1.37 bits per heavy atom. The molecule has 0 fully saturated rings. The van der Waals surface area contributed by atoms with Gasteiger partial charge in [-0.05, 0) is 24.3 Å². The van der Waals surface area contributed by atoms with Crippen LogP contribution in [0.15, 0.2) is 36.4 Å². The van der Waals surface area contributed by atoms with Crippen LogP contribution in [-0.4, -0.2) is 37.0 Å². The smallest absolute Gasteiger partial charge is 0.331 e. The van der Waals surface area contributed by atoms with Gasteiger partial charge in [0.2, 0.25) is 5.91 Å². The van der Waals surface area contributed by atoms with Gasteiger partial charge in [-0.15, -0.1) is 0 Å². The largest absolute Gasteiger partial charge is 0.495 e. The number of esters is 1. The maximum absolute atomic E-state index is 12.4. The molecule has 1 aliphatic rings. The number of ether oxygens (including phenoxy) is 2. The highest BCUT2D eigenvalue weighted by Gasteiger charge is 2.27. The SMILES string of the molecule is COc1ccc(Cl)cc1NC(=O)CN1CC(=O)Oc2cc([N+](=O)[O-])ccc21. The average molecular weight is 392 g/mol. The molecule has 140 valence electrons. The number of nitro groups is 1. The summed E-state index contributed by atoms with van der Waals surface area (Å²) in [6, 6.07) is 8.65. The molecule has 0 saturated heterocycles. The Balaban J connectivity index is 1.80. The van der Waals surface area contributed by atoms with E-state index in [0.29, 0.717) is 22.1 Å². The molecule has 0 spiro atoms. The summed E-state index contributed by atoms with van der Waals surface area (Å²) in [5.41, 5.74) is 0.587. The lowest BCUT2D eigenvalue weighted by Crippen LogP contribution is -2.41. The van der Waals surface area contributed by atoms with Crippen molar-refractivity contribution >= 4 is 40.5 Å². The number of halogens is 1. The van der Waals surface area contributed by atoms with Gasteiger partial charge < -0.3 is 19.7 Å². The van der Waals surface area contributed by atoms with Gasteiger partial charge >= 0.3 is 5.97 Å². The van der Waals surface area contributed by atoms with Crippen molar-refractivity contribution < 1.29 is 24.0 Å². The molecule has 27 heavy (non-hydrogen) atoms. The molecule has 0 aliphatic carbocycles. The van der Waals surface area contributed by atoms with E-state index in [9.17, 15) is 19.7 Å². The Hall–Kier alpha value is -3.33. The standard InChI is InChI=1S/C17H14ClN3O6/c1-26-14-5-2-10(18)6-12(14)19-16(22)8-20-9-17(23)27-15-7-11(21(24)25)3-4-13(15)20/h2-7H,8-9H2,1H3,(H,19,22). The van der Waals surface area contributed by atoms with Crippen molar-refractivity contribution in [1.29, 1.82) is 0 Å². The molecule has 0 atom stereocenters. The van der Waals surface area contributed by atoms with Crippen LogP contribution in [0.4, 0.5) is 17.1 Å². The van der Waals surface area contributed by atoms with Crippen LogP contribution in [0.3, 0.4) is 0 Å². The first kappa shape index (κ1) is 18.5. The van der Waals surface area contributed by atoms with Crippen molar-refractivity contribution in [2.24, 2.45) is 0 Å². The van der Waals surface area contributed by atoms with E-state index in [1.54, 1.807) is 18.2 Å². The quantitative estimate of drug-likeness (QED) is 0.361. The van der Waals surface area contributed by atoms with E-state index in [-0.39, 0.29) is 24.5 Å². The third-order valence-electron chi connectivity index (χ3n) is 3.81. The number of anilines is 2. The van der Waals surface area contributed by atoms with Crippen LogP contribution >= 0.6 is 11.6 Å². The predicted octanol–water partition coefficient (Wildman–Crippen LogP) is 2.62. The van der Waals surface area contributed by atoms with E-state index < -0.39 is 16.8 Å². The van der Waals surface area contributed by atoms with Crippen molar-refractivity contribution in [3.05, 3.63) is 51.5 Å². The number of nitrogens with zero attached hydrogens (tertiary/aromatic N) is 2. The number of benzene rings is 2. The highest BCUT2D eigenvalue weighted by atomic mass is 35.5. The van der Waals surface area contributed by atoms with Crippen molar-refractivity contribution in [2.75, 3.05) is 30.4 Å². The van der Waals surface area contributed by atoms with Crippen molar-refractivity contribution in [2.45, 2.75) is 0 Å². The summed E-state index contributed by atoms with van der Waals surface area (Å²) in [5.74, 6) is -0.568. The average Bonchev–Trinajstić information content (AvgIpc) is 2.61. The summed E-state index contributed by atoms with van der Waals surface area (Å²) in [6.07, 6.45) is 0. The van der Waals surface area contributed by atoms with Gasteiger partial charge in [-0.2, -0.15) is 0 Å². The molecule has 2 aromatic carbocycles. The highest BCUT2D eigenvalue weighted by molar-refractivity contribution is 6.31. The van der Waals surface area contributed by atoms with E-state index in [2.05, 4.69) is 5.32 Å². The van der Waals surface area contributed by atoms with Gasteiger partial charge in [0.25, 0.3) is 5.69 Å². The Bertz CT molecular complexity index is 933. The Labute approximate surface area is 158 Å². The molecular weight excluding hydrogens is 378 g/mol. The fourth-order valence-electron chi connectivity index (χ4n) is 2.64. The van der Waals surface area contributed by atoms with Gasteiger partial charge in [-0.3, -0.25) is 14.9 Å². The van der Waals surface area contributed by atoms with E-state index in [1.807, 2.05) is 0 Å². The summed E-state index contributed by atoms with van der Waals surface area (Å²) < 4.78 is 10.2. The Kier molecular flexibility index (Phi) is 5.13. The second kappa shape index (κ2) is 7.50. The molecule has 9 nitrogen and oxygen atoms in total. The van der Waals surface area contributed by atoms with Crippen LogP contribution in [0.5, 0.6) is 11.5 Å². The lowest BCUT2D eigenvalue weighted by atomic mass is 10.2. The second-order valence-corrected chi connectivity index (χ2v) is 6.07. The third kappa shape index (κ3) is 4.09. The monoisotopic (exact) mass is 391 g/mol. The van der Waals surface area contributed by atoms with Gasteiger partial charge in [0.1, 0.15) is 12.3 Å². The van der Waals surface area contributed by atoms with E-state index in [1.165, 1.54) is 24.1 Å². The predicted molar refractivity (Wildman–Crippen MR) is 97.6 cm³/mol. The highest BCUT2D eigenvalue weighted by Crippen LogP contribution is 2.35. The number of carbonyl (C=O) groups is 2. The van der Waals surface area contributed by atoms with E-state index in [4.69, 9.17) is 21.1 Å². The Morgan fingerprint density at radius 3 is 2.85 bits per heavy atom. The molecule has 1 amide bonds. The topological polar surface area (TPSA) is 111 Å². The van der Waals surface area contributed by atoms with Gasteiger partial charge in [-0.1, -0.05) is 11.6 Å². The normalized spacial score (nSPS) is 12.8. The molecule has 2 aromatic rings. The first-order valence-electron chi connectivity index (χ1n) is 7.75. The summed E-state index contributed by atoms with van der Waals surface area (Å²) in [5, 5.41) is 14.0. The second-order valence-electron chi connectivity index (χ2n) is 5.63. The fourth-order valence-corrected chi connectivity index (χ4v) is 2.81. The molecular formula is C17H14ClN3O6. The van der Waals surface area contributed by atoms with Crippen LogP contribution in [0.1, 0.15) is 0 Å². The maximum Gasteiger partial charge on any atom is 0.331 e. The zero-order valence-corrected chi connectivity index (χ0v) is 14.9. The van der Waals surface area contributed by atoms with E-state index in [0.717, 1.165) is 6.07 Å². The molecule has 0 bridgehead atoms. The fraction of sp³-hybridized carbons (Fsp3) is 0.176. The molecule has 0 unspecified atom stereocenters. The minimum Gasteiger partial charge on any atom is -0.495 e. The molecule has 1 aliphatic heterocycles. The number of carbonyl (C=O) groups excluding carboxylic acids is 2. The van der Waals surface area contributed by atoms with Gasteiger partial charge in [0, 0.05) is 11.1 Å². The molecule has 0 aromatic heterocycles. The molecule has 0 saturated carbocycles. The van der Waals surface area contributed by atoms with Gasteiger partial charge in [0.05, 0.1) is 36.0 Å². The van der Waals surface area contributed by atoms with Crippen molar-refractivity contribution in [3.8, 4) is 11.5 Å². The first-order chi connectivity index (χ1) is 12.9. The summed E-state index contributed by atoms with van der Waals surface area (Å²) in [6.45, 7) is -0.333. The number of amides is 1. The van der Waals surface area contributed by atoms with Gasteiger partial charge in [-0.25, -0.2) is 4.79 Å². The van der Waals surface area contributed by atoms with E-state index >= 15 is 0 Å². The number of hydrogen-bond acceptors (Lipinski definition) is 7. The number of nitro benzene ring substituents is 1. The summed E-state index contributed by atoms with van der Waals surface area (Å²) in [7, 11) is 1.46. The number of methoxy groups -OCH3 is 1. The van der Waals surface area contributed by atoms with Crippen LogP contribution in [0.2, 0.25) is 5.02 Å². The lowest BCUT2D eigenvalue weighted by Gasteiger charge is -2.29. The number of non-ortho nitro benzene ring substituents is 1. The first-order valence-corrected chi connectivity index (χ1v) is 8.12. The Morgan fingerprint density at radius 2 is 2.15 bits per heavy atom. The molecule has 3 rings (SSSR count). The molecule has 0 radical (unpaired) electrons. The minimum absolute atomic E-state index is 0.0357. The zero-order valence-electron chi connectivity index (χ0n) is 14.1. The van der Waals surface area contributed by atoms with Gasteiger partial charge in [0.15, 0.2) is 5.75 Å². The third-order valence-corrected chi connectivity index (χ3v) is 4.04. The summed E-state index contributed by atoms with van der Waals surface area (Å²) in [4.78, 5) is 36.0. The molecule has 1 N–H and O–H groups in total. The zero-order chi connectivity index (χ0) is 19.6. The number of fused-ring (bicyclic) bond motifs is 1. The lowest BCUT2D eigenvalue weighted by molar-refractivity contribution is -0.384. The van der Waals surface area contributed by atoms with Crippen molar-refractivity contribution in [3.63, 3.8) is 0 Å². The van der Waals surface area contributed by atoms with Crippen molar-refractivity contribution in [1.82, 2.24) is 0 Å².